The van der Waals surface area contributed by atoms with E-state index in [-0.39, 0.29) is 5.91 Å². The maximum Gasteiger partial charge on any atom is 0.336 e. The van der Waals surface area contributed by atoms with Gasteiger partial charge in [-0.1, -0.05) is 66.7 Å². The lowest BCUT2D eigenvalue weighted by Crippen LogP contribution is -2.33. The minimum Gasteiger partial charge on any atom is -0.480 e. The molecule has 0 bridgehead atoms. The number of hydrogen-bond donors (Lipinski definition) is 1. The lowest BCUT2D eigenvalue weighted by Gasteiger charge is -2.14. The fourth-order valence-corrected chi connectivity index (χ4v) is 3.30. The molecule has 0 aliphatic heterocycles. The van der Waals surface area contributed by atoms with Gasteiger partial charge in [-0.25, -0.2) is 10.2 Å². The molecule has 1 amide bonds. The van der Waals surface area contributed by atoms with Crippen molar-refractivity contribution in [3.8, 4) is 11.5 Å². The van der Waals surface area contributed by atoms with Crippen LogP contribution in [0.2, 0.25) is 0 Å². The van der Waals surface area contributed by atoms with Crippen molar-refractivity contribution in [2.75, 3.05) is 0 Å². The largest absolute Gasteiger partial charge is 0.480 e. The first kappa shape index (κ1) is 23.4. The molecule has 0 aliphatic rings. The molecule has 0 unspecified atom stereocenters. The SMILES string of the molecule is C[C@H](Oc1cccc2ccccc12)C(=O)N/N=C\c1ccc(OC(=O)/C=C/c2ccccc2)cc1. The number of carbonyl (C=O) groups is 2. The highest BCUT2D eigenvalue weighted by molar-refractivity contribution is 5.90. The summed E-state index contributed by atoms with van der Waals surface area (Å²) in [5, 5.41) is 5.97. The number of hydrogen-bond acceptors (Lipinski definition) is 5. The molecule has 0 spiro atoms. The summed E-state index contributed by atoms with van der Waals surface area (Å²) >= 11 is 0. The summed E-state index contributed by atoms with van der Waals surface area (Å²) in [7, 11) is 0. The molecule has 0 saturated heterocycles. The summed E-state index contributed by atoms with van der Waals surface area (Å²) in [4.78, 5) is 24.4. The van der Waals surface area contributed by atoms with Gasteiger partial charge in [-0.2, -0.15) is 5.10 Å². The van der Waals surface area contributed by atoms with Crippen molar-refractivity contribution >= 4 is 34.9 Å². The van der Waals surface area contributed by atoms with Gasteiger partial charge < -0.3 is 9.47 Å². The molecular formula is C29H24N2O4. The van der Waals surface area contributed by atoms with Gasteiger partial charge in [0, 0.05) is 11.5 Å². The van der Waals surface area contributed by atoms with Crippen molar-refractivity contribution in [1.82, 2.24) is 5.43 Å². The van der Waals surface area contributed by atoms with Crippen molar-refractivity contribution in [2.45, 2.75) is 13.0 Å². The quantitative estimate of drug-likeness (QED) is 0.125. The van der Waals surface area contributed by atoms with Crippen LogP contribution in [0.5, 0.6) is 11.5 Å². The van der Waals surface area contributed by atoms with E-state index in [4.69, 9.17) is 9.47 Å². The fourth-order valence-electron chi connectivity index (χ4n) is 3.30. The van der Waals surface area contributed by atoms with Crippen molar-refractivity contribution in [2.24, 2.45) is 5.10 Å². The Labute approximate surface area is 203 Å². The van der Waals surface area contributed by atoms with E-state index in [2.05, 4.69) is 10.5 Å². The maximum atomic E-state index is 12.4. The van der Waals surface area contributed by atoms with Gasteiger partial charge in [0.25, 0.3) is 5.91 Å². The van der Waals surface area contributed by atoms with E-state index in [0.717, 1.165) is 21.9 Å². The number of fused-ring (bicyclic) bond motifs is 1. The number of hydrazone groups is 1. The van der Waals surface area contributed by atoms with Gasteiger partial charge in [0.05, 0.1) is 6.21 Å². The molecule has 4 aromatic carbocycles. The minimum atomic E-state index is -0.733. The Morgan fingerprint density at radius 1 is 0.829 bits per heavy atom. The monoisotopic (exact) mass is 464 g/mol. The van der Waals surface area contributed by atoms with Crippen LogP contribution in [0, 0.1) is 0 Å². The number of rotatable bonds is 8. The Morgan fingerprint density at radius 3 is 2.34 bits per heavy atom. The molecule has 6 nitrogen and oxygen atoms in total. The van der Waals surface area contributed by atoms with E-state index in [1.54, 1.807) is 37.3 Å². The van der Waals surface area contributed by atoms with Crippen LogP contribution < -0.4 is 14.9 Å². The summed E-state index contributed by atoms with van der Waals surface area (Å²) in [6, 6.07) is 29.8. The first-order valence-corrected chi connectivity index (χ1v) is 11.1. The third-order valence-electron chi connectivity index (χ3n) is 5.12. The molecule has 0 aliphatic carbocycles. The van der Waals surface area contributed by atoms with Crippen LogP contribution in [0.3, 0.4) is 0 Å². The second-order valence-electron chi connectivity index (χ2n) is 7.71. The van der Waals surface area contributed by atoms with Crippen molar-refractivity contribution < 1.29 is 19.1 Å². The fraction of sp³-hybridized carbons (Fsp3) is 0.0690. The number of esters is 1. The molecule has 0 saturated carbocycles. The summed E-state index contributed by atoms with van der Waals surface area (Å²) in [6.07, 6.45) is 3.84. The summed E-state index contributed by atoms with van der Waals surface area (Å²) in [5.41, 5.74) is 4.13. The van der Waals surface area contributed by atoms with E-state index < -0.39 is 12.1 Å². The second-order valence-corrected chi connectivity index (χ2v) is 7.71. The molecule has 0 fully saturated rings. The second kappa shape index (κ2) is 11.4. The predicted octanol–water partition coefficient (Wildman–Crippen LogP) is 5.38. The summed E-state index contributed by atoms with van der Waals surface area (Å²) in [5.74, 6) is 0.206. The first-order chi connectivity index (χ1) is 17.1. The molecule has 0 radical (unpaired) electrons. The summed E-state index contributed by atoms with van der Waals surface area (Å²) < 4.78 is 11.1. The normalized spacial score (nSPS) is 12.0. The molecule has 4 aromatic rings. The van der Waals surface area contributed by atoms with Crippen molar-refractivity contribution in [3.63, 3.8) is 0 Å². The van der Waals surface area contributed by atoms with Crippen LogP contribution in [-0.4, -0.2) is 24.2 Å². The van der Waals surface area contributed by atoms with Gasteiger partial charge >= 0.3 is 5.97 Å². The predicted molar refractivity (Wildman–Crippen MR) is 137 cm³/mol. The molecule has 0 heterocycles. The Kier molecular flexibility index (Phi) is 7.66. The zero-order chi connectivity index (χ0) is 24.5. The number of carbonyl (C=O) groups excluding carboxylic acids is 2. The van der Waals surface area contributed by atoms with E-state index in [9.17, 15) is 9.59 Å². The number of amides is 1. The van der Waals surface area contributed by atoms with Crippen LogP contribution >= 0.6 is 0 Å². The van der Waals surface area contributed by atoms with E-state index >= 15 is 0 Å². The highest BCUT2D eigenvalue weighted by Gasteiger charge is 2.15. The average Bonchev–Trinajstić information content (AvgIpc) is 2.89. The van der Waals surface area contributed by atoms with Gasteiger partial charge in [-0.3, -0.25) is 4.79 Å². The third kappa shape index (κ3) is 6.65. The Hall–Kier alpha value is -4.71. The first-order valence-electron chi connectivity index (χ1n) is 11.1. The Morgan fingerprint density at radius 2 is 1.54 bits per heavy atom. The number of benzene rings is 4. The number of nitrogens with one attached hydrogen (secondary N) is 1. The average molecular weight is 465 g/mol. The lowest BCUT2D eigenvalue weighted by molar-refractivity contribution is -0.129. The molecule has 174 valence electrons. The van der Waals surface area contributed by atoms with Crippen LogP contribution in [0.25, 0.3) is 16.8 Å². The van der Waals surface area contributed by atoms with Crippen LogP contribution in [0.4, 0.5) is 0 Å². The number of ether oxygens (including phenoxy) is 2. The highest BCUT2D eigenvalue weighted by Crippen LogP contribution is 2.26. The van der Waals surface area contributed by atoms with Gasteiger partial charge in [-0.05, 0) is 59.8 Å². The van der Waals surface area contributed by atoms with Crippen LogP contribution in [0.15, 0.2) is 108 Å². The molecule has 4 rings (SSSR count). The van der Waals surface area contributed by atoms with Crippen LogP contribution in [0.1, 0.15) is 18.1 Å². The third-order valence-corrected chi connectivity index (χ3v) is 5.12. The molecule has 1 N–H and O–H groups in total. The van der Waals surface area contributed by atoms with E-state index in [0.29, 0.717) is 11.5 Å². The van der Waals surface area contributed by atoms with Crippen molar-refractivity contribution in [1.29, 1.82) is 0 Å². The topological polar surface area (TPSA) is 77.0 Å². The van der Waals surface area contributed by atoms with Gasteiger partial charge in [0.1, 0.15) is 11.5 Å². The molecule has 35 heavy (non-hydrogen) atoms. The zero-order valence-electron chi connectivity index (χ0n) is 19.1. The Balaban J connectivity index is 1.27. The maximum absolute atomic E-state index is 12.4. The highest BCUT2D eigenvalue weighted by atomic mass is 16.5. The standard InChI is InChI=1S/C29H24N2O4/c1-21(34-27-13-7-11-24-10-5-6-12-26(24)27)29(33)31-30-20-23-14-17-25(18-15-23)35-28(32)19-16-22-8-3-2-4-9-22/h2-21H,1H3,(H,31,33)/b19-16+,30-20-/t21-/m0/s1. The molecule has 1 atom stereocenters. The molecule has 6 heteroatoms. The lowest BCUT2D eigenvalue weighted by atomic mass is 10.1. The van der Waals surface area contributed by atoms with Crippen LogP contribution in [-0.2, 0) is 9.59 Å². The number of nitrogens with zero attached hydrogens (tertiary/aromatic N) is 1. The smallest absolute Gasteiger partial charge is 0.336 e. The molecular weight excluding hydrogens is 440 g/mol. The van der Waals surface area contributed by atoms with E-state index in [1.807, 2.05) is 72.8 Å². The molecule has 0 aromatic heterocycles. The Bertz CT molecular complexity index is 1360. The summed E-state index contributed by atoms with van der Waals surface area (Å²) in [6.45, 7) is 1.67. The minimum absolute atomic E-state index is 0.370. The van der Waals surface area contributed by atoms with Gasteiger partial charge in [-0.15, -0.1) is 0 Å². The zero-order valence-corrected chi connectivity index (χ0v) is 19.1. The van der Waals surface area contributed by atoms with E-state index in [1.165, 1.54) is 12.3 Å². The van der Waals surface area contributed by atoms with Crippen molar-refractivity contribution in [3.05, 3.63) is 114 Å². The van der Waals surface area contributed by atoms with Gasteiger partial charge in [0.15, 0.2) is 6.10 Å². The van der Waals surface area contributed by atoms with Gasteiger partial charge in [0.2, 0.25) is 0 Å².